The molecule has 1 rings (SSSR count). The summed E-state index contributed by atoms with van der Waals surface area (Å²) in [6, 6.07) is 0. The molecule has 0 aliphatic heterocycles. The van der Waals surface area contributed by atoms with Crippen LogP contribution in [0, 0.1) is 11.8 Å². The highest BCUT2D eigenvalue weighted by Crippen LogP contribution is 2.32. The Morgan fingerprint density at radius 2 is 1.91 bits per heavy atom. The molecule has 0 aromatic heterocycles. The van der Waals surface area contributed by atoms with E-state index in [1.54, 1.807) is 7.11 Å². The fourth-order valence-corrected chi connectivity index (χ4v) is 1.86. The summed E-state index contributed by atoms with van der Waals surface area (Å²) in [5.41, 5.74) is 0. The lowest BCUT2D eigenvalue weighted by molar-refractivity contribution is -0.0473. The minimum Gasteiger partial charge on any atom is -0.378 e. The van der Waals surface area contributed by atoms with Crippen molar-refractivity contribution in [3.63, 3.8) is 0 Å². The Balaban J connectivity index is 2.55. The van der Waals surface area contributed by atoms with Crippen LogP contribution >= 0.6 is 0 Å². The molecule has 0 spiro atoms. The van der Waals surface area contributed by atoms with E-state index >= 15 is 0 Å². The van der Waals surface area contributed by atoms with Crippen LogP contribution in [0.25, 0.3) is 0 Å². The molecule has 0 radical (unpaired) electrons. The zero-order valence-corrected chi connectivity index (χ0v) is 7.51. The molecule has 0 aromatic rings. The molecule has 66 valence electrons. The number of methoxy groups -OCH3 is 1. The van der Waals surface area contributed by atoms with Crippen LogP contribution in [0.2, 0.25) is 0 Å². The molecule has 0 saturated heterocycles. The van der Waals surface area contributed by atoms with Crippen LogP contribution in [0.1, 0.15) is 26.7 Å². The second-order valence-corrected chi connectivity index (χ2v) is 3.63. The van der Waals surface area contributed by atoms with Crippen molar-refractivity contribution in [2.75, 3.05) is 7.11 Å². The Labute approximate surface area is 67.9 Å². The third-order valence-electron chi connectivity index (χ3n) is 2.94. The van der Waals surface area contributed by atoms with Gasteiger partial charge in [-0.25, -0.2) is 4.39 Å². The Kier molecular flexibility index (Phi) is 2.88. The SMILES string of the molecule is CO[C@@H]1[C@@H](C)[C@H](C)CC[C@@H]1F. The molecule has 1 saturated carbocycles. The van der Waals surface area contributed by atoms with Crippen LogP contribution in [0.5, 0.6) is 0 Å². The molecule has 0 bridgehead atoms. The van der Waals surface area contributed by atoms with Gasteiger partial charge in [-0.05, 0) is 24.7 Å². The minimum atomic E-state index is -0.744. The third-order valence-corrected chi connectivity index (χ3v) is 2.94. The lowest BCUT2D eigenvalue weighted by atomic mass is 9.78. The van der Waals surface area contributed by atoms with Crippen molar-refractivity contribution < 1.29 is 9.13 Å². The summed E-state index contributed by atoms with van der Waals surface area (Å²) in [5, 5.41) is 0. The van der Waals surface area contributed by atoms with Crippen molar-refractivity contribution in [1.29, 1.82) is 0 Å². The molecule has 0 amide bonds. The normalized spacial score (nSPS) is 45.8. The fourth-order valence-electron chi connectivity index (χ4n) is 1.86. The Bertz CT molecular complexity index is 127. The average molecular weight is 160 g/mol. The molecule has 11 heavy (non-hydrogen) atoms. The van der Waals surface area contributed by atoms with Gasteiger partial charge in [0, 0.05) is 7.11 Å². The number of hydrogen-bond donors (Lipinski definition) is 0. The van der Waals surface area contributed by atoms with Crippen LogP contribution in [-0.2, 0) is 4.74 Å². The highest BCUT2D eigenvalue weighted by molar-refractivity contribution is 4.84. The maximum atomic E-state index is 13.1. The van der Waals surface area contributed by atoms with Crippen molar-refractivity contribution >= 4 is 0 Å². The number of alkyl halides is 1. The van der Waals surface area contributed by atoms with Crippen LogP contribution in [0.15, 0.2) is 0 Å². The summed E-state index contributed by atoms with van der Waals surface area (Å²) in [5.74, 6) is 0.968. The molecular formula is C9H17FO. The molecule has 0 N–H and O–H groups in total. The van der Waals surface area contributed by atoms with Gasteiger partial charge in [0.15, 0.2) is 0 Å². The summed E-state index contributed by atoms with van der Waals surface area (Å²) in [6.45, 7) is 4.24. The molecule has 1 aliphatic carbocycles. The third kappa shape index (κ3) is 1.73. The van der Waals surface area contributed by atoms with E-state index in [4.69, 9.17) is 4.74 Å². The van der Waals surface area contributed by atoms with Gasteiger partial charge in [0.05, 0.1) is 6.10 Å². The Hall–Kier alpha value is -0.110. The van der Waals surface area contributed by atoms with Gasteiger partial charge < -0.3 is 4.74 Å². The van der Waals surface area contributed by atoms with Crippen LogP contribution in [0.4, 0.5) is 4.39 Å². The zero-order valence-electron chi connectivity index (χ0n) is 7.51. The average Bonchev–Trinajstić information content (AvgIpc) is 1.99. The van der Waals surface area contributed by atoms with E-state index in [9.17, 15) is 4.39 Å². The van der Waals surface area contributed by atoms with Crippen molar-refractivity contribution in [3.8, 4) is 0 Å². The second kappa shape index (κ2) is 3.53. The lowest BCUT2D eigenvalue weighted by Crippen LogP contribution is -2.39. The summed E-state index contributed by atoms with van der Waals surface area (Å²) < 4.78 is 18.3. The molecule has 2 heteroatoms. The standard InChI is InChI=1S/C9H17FO/c1-6-4-5-8(10)9(11-3)7(6)2/h6-9H,4-5H2,1-3H3/t6-,7+,8+,9-/m1/s1. The number of rotatable bonds is 1. The number of halogens is 1. The molecule has 1 nitrogen and oxygen atoms in total. The first-order valence-electron chi connectivity index (χ1n) is 4.33. The van der Waals surface area contributed by atoms with Crippen molar-refractivity contribution in [1.82, 2.24) is 0 Å². The predicted octanol–water partition coefficient (Wildman–Crippen LogP) is 2.41. The molecular weight excluding hydrogens is 143 g/mol. The van der Waals surface area contributed by atoms with Crippen LogP contribution < -0.4 is 0 Å². The van der Waals surface area contributed by atoms with E-state index in [2.05, 4.69) is 13.8 Å². The summed E-state index contributed by atoms with van der Waals surface area (Å²) in [6.07, 6.45) is 0.761. The van der Waals surface area contributed by atoms with E-state index in [1.165, 1.54) is 0 Å². The van der Waals surface area contributed by atoms with E-state index in [0.717, 1.165) is 6.42 Å². The first-order valence-corrected chi connectivity index (χ1v) is 4.33. The van der Waals surface area contributed by atoms with Gasteiger partial charge in [-0.15, -0.1) is 0 Å². The lowest BCUT2D eigenvalue weighted by Gasteiger charge is -2.35. The van der Waals surface area contributed by atoms with Crippen molar-refractivity contribution in [2.45, 2.75) is 39.0 Å². The molecule has 1 aliphatic rings. The van der Waals surface area contributed by atoms with E-state index in [-0.39, 0.29) is 6.10 Å². The largest absolute Gasteiger partial charge is 0.378 e. The van der Waals surface area contributed by atoms with Gasteiger partial charge in [0.25, 0.3) is 0 Å². The highest BCUT2D eigenvalue weighted by Gasteiger charge is 2.34. The molecule has 0 aromatic carbocycles. The van der Waals surface area contributed by atoms with Crippen LogP contribution in [0.3, 0.4) is 0 Å². The van der Waals surface area contributed by atoms with E-state index in [0.29, 0.717) is 18.3 Å². The van der Waals surface area contributed by atoms with Crippen molar-refractivity contribution in [3.05, 3.63) is 0 Å². The van der Waals surface area contributed by atoms with E-state index < -0.39 is 6.17 Å². The zero-order chi connectivity index (χ0) is 8.43. The fraction of sp³-hybridized carbons (Fsp3) is 1.00. The van der Waals surface area contributed by atoms with Crippen molar-refractivity contribution in [2.24, 2.45) is 11.8 Å². The summed E-state index contributed by atoms with van der Waals surface area (Å²) >= 11 is 0. The van der Waals surface area contributed by atoms with Gasteiger partial charge >= 0.3 is 0 Å². The predicted molar refractivity (Wildman–Crippen MR) is 43.3 cm³/mol. The maximum Gasteiger partial charge on any atom is 0.126 e. The van der Waals surface area contributed by atoms with E-state index in [1.807, 2.05) is 0 Å². The maximum absolute atomic E-state index is 13.1. The highest BCUT2D eigenvalue weighted by atomic mass is 19.1. The summed E-state index contributed by atoms with van der Waals surface area (Å²) in [4.78, 5) is 0. The smallest absolute Gasteiger partial charge is 0.126 e. The minimum absolute atomic E-state index is 0.168. The molecule has 0 heterocycles. The topological polar surface area (TPSA) is 9.23 Å². The van der Waals surface area contributed by atoms with Gasteiger partial charge in [-0.1, -0.05) is 13.8 Å². The van der Waals surface area contributed by atoms with Gasteiger partial charge in [0.2, 0.25) is 0 Å². The Morgan fingerprint density at radius 1 is 1.27 bits per heavy atom. The Morgan fingerprint density at radius 3 is 2.36 bits per heavy atom. The first-order chi connectivity index (χ1) is 5.16. The second-order valence-electron chi connectivity index (χ2n) is 3.63. The van der Waals surface area contributed by atoms with Gasteiger partial charge in [-0.3, -0.25) is 0 Å². The van der Waals surface area contributed by atoms with Gasteiger partial charge in [0.1, 0.15) is 6.17 Å². The van der Waals surface area contributed by atoms with Gasteiger partial charge in [-0.2, -0.15) is 0 Å². The first kappa shape index (κ1) is 8.98. The number of ether oxygens (including phenoxy) is 1. The quantitative estimate of drug-likeness (QED) is 0.572. The number of hydrogen-bond acceptors (Lipinski definition) is 1. The molecule has 0 unspecified atom stereocenters. The monoisotopic (exact) mass is 160 g/mol. The summed E-state index contributed by atoms with van der Waals surface area (Å²) in [7, 11) is 1.60. The molecule has 4 atom stereocenters. The van der Waals surface area contributed by atoms with Crippen LogP contribution in [-0.4, -0.2) is 19.4 Å². The molecule has 1 fully saturated rings.